The molecule has 1 N–H and O–H groups in total. The number of rotatable bonds is 5. The minimum atomic E-state index is -0.184. The Morgan fingerprint density at radius 2 is 1.89 bits per heavy atom. The van der Waals surface area contributed by atoms with Crippen molar-refractivity contribution < 1.29 is 4.74 Å². The monoisotopic (exact) mass is 518 g/mol. The normalized spacial score (nSPS) is 20.6. The highest BCUT2D eigenvalue weighted by Crippen LogP contribution is 2.48. The number of nitrogens with zero attached hydrogens (tertiary/aromatic N) is 3. The first-order chi connectivity index (χ1) is 17.2. The lowest BCUT2D eigenvalue weighted by Gasteiger charge is -2.41. The van der Waals surface area contributed by atoms with E-state index in [0.717, 1.165) is 28.4 Å². The SMILES string of the molecule is CCOc1ccc(N2C(=S)N[C@H](c3ccccn3)[C@@H]2c2cc3c(cc2Cl)N(C)C(C)(C)C=C3C)cc1. The standard InChI is InChI=1S/C29H31ClN4OS/c1-6-35-20-12-10-19(11-13-20)34-27(26(32-28(34)36)24-9-7-8-14-31-24)22-15-21-18(2)17-29(3,4)33(5)25(21)16-23(22)30/h7-17,26-27H,6H2,1-5H3,(H,32,36)/t26-,27+/m1/s1. The number of ether oxygens (including phenoxy) is 1. The summed E-state index contributed by atoms with van der Waals surface area (Å²) in [6.07, 6.45) is 4.13. The smallest absolute Gasteiger partial charge is 0.174 e. The zero-order valence-electron chi connectivity index (χ0n) is 21.2. The summed E-state index contributed by atoms with van der Waals surface area (Å²) in [6, 6.07) is 18.0. The van der Waals surface area contributed by atoms with E-state index in [9.17, 15) is 0 Å². The molecular formula is C29H31ClN4OS. The van der Waals surface area contributed by atoms with Gasteiger partial charge in [0.05, 0.1) is 29.9 Å². The molecule has 5 nitrogen and oxygen atoms in total. The van der Waals surface area contributed by atoms with Crippen molar-refractivity contribution in [1.29, 1.82) is 0 Å². The van der Waals surface area contributed by atoms with E-state index < -0.39 is 0 Å². The minimum Gasteiger partial charge on any atom is -0.494 e. The van der Waals surface area contributed by atoms with E-state index in [2.05, 4.69) is 66.1 Å². The van der Waals surface area contributed by atoms with Crippen LogP contribution < -0.4 is 19.9 Å². The highest BCUT2D eigenvalue weighted by molar-refractivity contribution is 7.80. The summed E-state index contributed by atoms with van der Waals surface area (Å²) in [4.78, 5) is 9.10. The molecule has 7 heteroatoms. The largest absolute Gasteiger partial charge is 0.494 e. The summed E-state index contributed by atoms with van der Waals surface area (Å²) in [5, 5.41) is 4.87. The van der Waals surface area contributed by atoms with Crippen molar-refractivity contribution in [3.8, 4) is 5.75 Å². The molecule has 0 amide bonds. The van der Waals surface area contributed by atoms with Gasteiger partial charge in [0.25, 0.3) is 0 Å². The summed E-state index contributed by atoms with van der Waals surface area (Å²) in [6.45, 7) is 9.20. The van der Waals surface area contributed by atoms with Gasteiger partial charge in [0, 0.05) is 35.2 Å². The quantitative estimate of drug-likeness (QED) is 0.369. The predicted octanol–water partition coefficient (Wildman–Crippen LogP) is 6.94. The van der Waals surface area contributed by atoms with E-state index in [1.54, 1.807) is 0 Å². The fourth-order valence-corrected chi connectivity index (χ4v) is 5.85. The van der Waals surface area contributed by atoms with Gasteiger partial charge in [-0.25, -0.2) is 0 Å². The molecule has 0 saturated carbocycles. The molecule has 2 aromatic carbocycles. The molecule has 36 heavy (non-hydrogen) atoms. The second kappa shape index (κ2) is 9.41. The maximum Gasteiger partial charge on any atom is 0.174 e. The maximum absolute atomic E-state index is 7.08. The molecule has 3 aromatic rings. The third-order valence-corrected chi connectivity index (χ3v) is 7.82. The van der Waals surface area contributed by atoms with E-state index in [1.165, 1.54) is 11.1 Å². The lowest BCUT2D eigenvalue weighted by atomic mass is 9.86. The van der Waals surface area contributed by atoms with Crippen molar-refractivity contribution in [1.82, 2.24) is 10.3 Å². The number of benzene rings is 2. The Balaban J connectivity index is 1.66. The van der Waals surface area contributed by atoms with Crippen LogP contribution in [-0.4, -0.2) is 29.3 Å². The van der Waals surface area contributed by atoms with Crippen molar-refractivity contribution >= 4 is 45.9 Å². The van der Waals surface area contributed by atoms with Crippen LogP contribution >= 0.6 is 23.8 Å². The van der Waals surface area contributed by atoms with Crippen LogP contribution in [0.5, 0.6) is 5.75 Å². The number of hydrogen-bond acceptors (Lipinski definition) is 4. The van der Waals surface area contributed by atoms with Gasteiger partial charge in [0.15, 0.2) is 5.11 Å². The highest BCUT2D eigenvalue weighted by Gasteiger charge is 2.42. The first kappa shape index (κ1) is 24.6. The molecule has 0 radical (unpaired) electrons. The molecule has 2 aliphatic rings. The second-order valence-corrected chi connectivity index (χ2v) is 10.6. The molecular weight excluding hydrogens is 488 g/mol. The molecule has 5 rings (SSSR count). The fraction of sp³-hybridized carbons (Fsp3) is 0.310. The molecule has 0 bridgehead atoms. The van der Waals surface area contributed by atoms with Gasteiger partial charge in [-0.1, -0.05) is 23.7 Å². The summed E-state index contributed by atoms with van der Waals surface area (Å²) in [7, 11) is 2.12. The van der Waals surface area contributed by atoms with Crippen LogP contribution in [0.25, 0.3) is 5.57 Å². The van der Waals surface area contributed by atoms with Crippen molar-refractivity contribution in [3.63, 3.8) is 0 Å². The Morgan fingerprint density at radius 3 is 2.56 bits per heavy atom. The van der Waals surface area contributed by atoms with Gasteiger partial charge in [0.1, 0.15) is 5.75 Å². The number of hydrogen-bond donors (Lipinski definition) is 1. The van der Waals surface area contributed by atoms with Gasteiger partial charge in [-0.3, -0.25) is 4.98 Å². The Hall–Kier alpha value is -3.09. The minimum absolute atomic E-state index is 0.0940. The van der Waals surface area contributed by atoms with E-state index in [-0.39, 0.29) is 17.6 Å². The average Bonchev–Trinajstić information content (AvgIpc) is 3.20. The van der Waals surface area contributed by atoms with Crippen LogP contribution in [0.15, 0.2) is 66.9 Å². The molecule has 2 aliphatic heterocycles. The highest BCUT2D eigenvalue weighted by atomic mass is 35.5. The summed E-state index contributed by atoms with van der Waals surface area (Å²) in [5.41, 5.74) is 6.35. The van der Waals surface area contributed by atoms with Gasteiger partial charge in [0.2, 0.25) is 0 Å². The van der Waals surface area contributed by atoms with Crippen LogP contribution in [0, 0.1) is 0 Å². The molecule has 2 atom stereocenters. The summed E-state index contributed by atoms with van der Waals surface area (Å²) in [5.74, 6) is 0.829. The number of aromatic nitrogens is 1. The molecule has 3 heterocycles. The maximum atomic E-state index is 7.08. The van der Waals surface area contributed by atoms with E-state index in [1.807, 2.05) is 55.6 Å². The van der Waals surface area contributed by atoms with Gasteiger partial charge in [-0.2, -0.15) is 0 Å². The number of allylic oxidation sites excluding steroid dienone is 1. The lowest BCUT2D eigenvalue weighted by molar-refractivity contribution is 0.340. The zero-order chi connectivity index (χ0) is 25.6. The second-order valence-electron chi connectivity index (χ2n) is 9.85. The van der Waals surface area contributed by atoms with Crippen LogP contribution in [-0.2, 0) is 0 Å². The Bertz CT molecular complexity index is 1320. The first-order valence-corrected chi connectivity index (χ1v) is 13.0. The van der Waals surface area contributed by atoms with Crippen molar-refractivity contribution in [3.05, 3.63) is 88.7 Å². The number of nitrogens with one attached hydrogen (secondary N) is 1. The zero-order valence-corrected chi connectivity index (χ0v) is 22.8. The summed E-state index contributed by atoms with van der Waals surface area (Å²) < 4.78 is 5.66. The van der Waals surface area contributed by atoms with Crippen LogP contribution in [0.2, 0.25) is 5.02 Å². The summed E-state index contributed by atoms with van der Waals surface area (Å²) >= 11 is 13.0. The molecule has 0 spiro atoms. The molecule has 1 aromatic heterocycles. The van der Waals surface area contributed by atoms with Crippen LogP contribution in [0.4, 0.5) is 11.4 Å². The fourth-order valence-electron chi connectivity index (χ4n) is 5.23. The predicted molar refractivity (Wildman–Crippen MR) is 153 cm³/mol. The van der Waals surface area contributed by atoms with Gasteiger partial charge in [-0.15, -0.1) is 0 Å². The van der Waals surface area contributed by atoms with Crippen LogP contribution in [0.1, 0.15) is 56.6 Å². The number of likely N-dealkylation sites (N-methyl/N-ethyl adjacent to an activating group) is 1. The Morgan fingerprint density at radius 1 is 1.14 bits per heavy atom. The number of fused-ring (bicyclic) bond motifs is 1. The Kier molecular flexibility index (Phi) is 6.43. The van der Waals surface area contributed by atoms with Gasteiger partial charge >= 0.3 is 0 Å². The lowest BCUT2D eigenvalue weighted by Crippen LogP contribution is -2.42. The van der Waals surface area contributed by atoms with Crippen LogP contribution in [0.3, 0.4) is 0 Å². The third-order valence-electron chi connectivity index (χ3n) is 7.18. The molecule has 1 saturated heterocycles. The van der Waals surface area contributed by atoms with Crippen molar-refractivity contribution in [2.75, 3.05) is 23.5 Å². The van der Waals surface area contributed by atoms with E-state index >= 15 is 0 Å². The van der Waals surface area contributed by atoms with Gasteiger partial charge < -0.3 is 19.9 Å². The van der Waals surface area contributed by atoms with Crippen molar-refractivity contribution in [2.45, 2.75) is 45.3 Å². The third kappa shape index (κ3) is 4.22. The average molecular weight is 519 g/mol. The number of anilines is 2. The topological polar surface area (TPSA) is 40.6 Å². The first-order valence-electron chi connectivity index (χ1n) is 12.2. The molecule has 0 aliphatic carbocycles. The number of pyridine rings is 1. The molecule has 186 valence electrons. The number of thiocarbonyl (C=S) groups is 1. The van der Waals surface area contributed by atoms with Gasteiger partial charge in [-0.05, 0) is 99.6 Å². The molecule has 1 fully saturated rings. The Labute approximate surface area is 223 Å². The van der Waals surface area contributed by atoms with E-state index in [0.29, 0.717) is 16.7 Å². The molecule has 0 unspecified atom stereocenters. The number of halogens is 1. The van der Waals surface area contributed by atoms with E-state index in [4.69, 9.17) is 28.6 Å². The van der Waals surface area contributed by atoms with Crippen molar-refractivity contribution in [2.24, 2.45) is 0 Å².